The van der Waals surface area contributed by atoms with Crippen LogP contribution < -0.4 is 0 Å². The maximum atomic E-state index is 11.5. The van der Waals surface area contributed by atoms with Crippen LogP contribution >= 0.6 is 0 Å². The molecule has 1 N–H and O–H groups in total. The van der Waals surface area contributed by atoms with E-state index in [1.807, 2.05) is 12.2 Å². The summed E-state index contributed by atoms with van der Waals surface area (Å²) in [5.41, 5.74) is 0. The number of carbonyl (C=O) groups excluding carboxylic acids is 1. The minimum Gasteiger partial charge on any atom is -0.481 e. The summed E-state index contributed by atoms with van der Waals surface area (Å²) in [6, 6.07) is 0. The second-order valence-electron chi connectivity index (χ2n) is 5.40. The Morgan fingerprint density at radius 2 is 1.33 bits per heavy atom. The Bertz CT molecular complexity index is 329. The summed E-state index contributed by atoms with van der Waals surface area (Å²) >= 11 is 0. The van der Waals surface area contributed by atoms with E-state index in [9.17, 15) is 9.59 Å². The second-order valence-corrected chi connectivity index (χ2v) is 5.40. The average Bonchev–Trinajstić information content (AvgIpc) is 2.45. The van der Waals surface area contributed by atoms with Crippen molar-refractivity contribution >= 4 is 11.8 Å². The van der Waals surface area contributed by atoms with Crippen molar-refractivity contribution in [3.05, 3.63) is 24.3 Å². The first-order chi connectivity index (χ1) is 10.2. The van der Waals surface area contributed by atoms with E-state index >= 15 is 0 Å². The van der Waals surface area contributed by atoms with Crippen molar-refractivity contribution in [2.75, 3.05) is 0 Å². The highest BCUT2D eigenvalue weighted by Gasteiger charge is 1.96. The molecule has 0 amide bonds. The molecule has 0 atom stereocenters. The molecule has 120 valence electrons. The molecule has 0 unspecified atom stereocenters. The molecule has 0 aliphatic rings. The van der Waals surface area contributed by atoms with Crippen molar-refractivity contribution in [3.63, 3.8) is 0 Å². The number of carboxylic acid groups (broad SMARTS) is 1. The van der Waals surface area contributed by atoms with E-state index in [1.165, 1.54) is 12.8 Å². The zero-order valence-electron chi connectivity index (χ0n) is 13.4. The van der Waals surface area contributed by atoms with Crippen molar-refractivity contribution in [1.29, 1.82) is 0 Å². The Kier molecular flexibility index (Phi) is 14.0. The summed E-state index contributed by atoms with van der Waals surface area (Å²) in [5.74, 6) is -0.632. The fourth-order valence-electron chi connectivity index (χ4n) is 2.04. The quantitative estimate of drug-likeness (QED) is 0.360. The van der Waals surface area contributed by atoms with E-state index < -0.39 is 5.97 Å². The monoisotopic (exact) mass is 294 g/mol. The van der Waals surface area contributed by atoms with Gasteiger partial charge in [-0.3, -0.25) is 9.59 Å². The highest BCUT2D eigenvalue weighted by Crippen LogP contribution is 2.07. The van der Waals surface area contributed by atoms with Crippen LogP contribution in [0.2, 0.25) is 0 Å². The lowest BCUT2D eigenvalue weighted by molar-refractivity contribution is -0.137. The molecule has 3 nitrogen and oxygen atoms in total. The molecule has 0 radical (unpaired) electrons. The fraction of sp³-hybridized carbons (Fsp3) is 0.667. The highest BCUT2D eigenvalue weighted by atomic mass is 16.4. The molecule has 0 saturated heterocycles. The van der Waals surface area contributed by atoms with Crippen molar-refractivity contribution < 1.29 is 14.7 Å². The van der Waals surface area contributed by atoms with Gasteiger partial charge in [-0.2, -0.15) is 0 Å². The molecule has 0 aromatic rings. The van der Waals surface area contributed by atoms with Crippen LogP contribution in [0.15, 0.2) is 24.3 Å². The Labute approximate surface area is 129 Å². The van der Waals surface area contributed by atoms with Crippen LogP contribution in [0.25, 0.3) is 0 Å². The first-order valence-electron chi connectivity index (χ1n) is 8.25. The van der Waals surface area contributed by atoms with Crippen molar-refractivity contribution in [1.82, 2.24) is 0 Å². The van der Waals surface area contributed by atoms with Crippen LogP contribution in [-0.4, -0.2) is 16.9 Å². The largest absolute Gasteiger partial charge is 0.481 e. The molecule has 0 rings (SSSR count). The van der Waals surface area contributed by atoms with Gasteiger partial charge in [0.2, 0.25) is 0 Å². The molecule has 0 aliphatic heterocycles. The molecule has 21 heavy (non-hydrogen) atoms. The van der Waals surface area contributed by atoms with Gasteiger partial charge in [0.1, 0.15) is 0 Å². The third-order valence-corrected chi connectivity index (χ3v) is 3.30. The van der Waals surface area contributed by atoms with Gasteiger partial charge < -0.3 is 5.11 Å². The summed E-state index contributed by atoms with van der Waals surface area (Å²) in [7, 11) is 0. The molecule has 0 bridgehead atoms. The van der Waals surface area contributed by atoms with Crippen LogP contribution in [0.4, 0.5) is 0 Å². The van der Waals surface area contributed by atoms with E-state index in [4.69, 9.17) is 5.11 Å². The van der Waals surface area contributed by atoms with Gasteiger partial charge in [0.25, 0.3) is 0 Å². The number of hydrogen-bond donors (Lipinski definition) is 1. The number of unbranched alkanes of at least 4 members (excludes halogenated alkanes) is 8. The maximum absolute atomic E-state index is 11.5. The Hall–Kier alpha value is -1.38. The van der Waals surface area contributed by atoms with E-state index in [0.29, 0.717) is 0 Å². The molecule has 0 saturated carbocycles. The van der Waals surface area contributed by atoms with Crippen LogP contribution in [0.5, 0.6) is 0 Å². The van der Waals surface area contributed by atoms with Crippen molar-refractivity contribution in [3.8, 4) is 0 Å². The second kappa shape index (κ2) is 15.0. The standard InChI is InChI=1S/C18H30O3/c1-2-3-4-8-11-14-17(19)15-12-9-6-5-7-10-13-16-18(20)21/h11-12,14-15H,2-10,13,16H2,1H3,(H,20,21)/b14-11+,15-12+. The lowest BCUT2D eigenvalue weighted by Crippen LogP contribution is -1.93. The van der Waals surface area contributed by atoms with Gasteiger partial charge in [0, 0.05) is 6.42 Å². The maximum Gasteiger partial charge on any atom is 0.303 e. The van der Waals surface area contributed by atoms with Crippen LogP contribution in [0.1, 0.15) is 77.6 Å². The van der Waals surface area contributed by atoms with Gasteiger partial charge in [-0.15, -0.1) is 0 Å². The lowest BCUT2D eigenvalue weighted by Gasteiger charge is -1.98. The van der Waals surface area contributed by atoms with Crippen LogP contribution in [0, 0.1) is 0 Å². The Morgan fingerprint density at radius 3 is 1.90 bits per heavy atom. The molecule has 0 aromatic heterocycles. The molecule has 0 aromatic carbocycles. The van der Waals surface area contributed by atoms with Gasteiger partial charge in [0.15, 0.2) is 5.78 Å². The van der Waals surface area contributed by atoms with Gasteiger partial charge in [-0.1, -0.05) is 51.2 Å². The first kappa shape index (κ1) is 19.6. The molecular formula is C18H30O3. The number of allylic oxidation sites excluding steroid dienone is 4. The minimum absolute atomic E-state index is 0.0768. The summed E-state index contributed by atoms with van der Waals surface area (Å²) in [6.07, 6.45) is 18.0. The predicted molar refractivity (Wildman–Crippen MR) is 87.4 cm³/mol. The van der Waals surface area contributed by atoms with Crippen LogP contribution in [-0.2, 0) is 9.59 Å². The van der Waals surface area contributed by atoms with Gasteiger partial charge in [0.05, 0.1) is 0 Å². The molecule has 0 heterocycles. The molecule has 0 spiro atoms. The molecule has 3 heteroatoms. The smallest absolute Gasteiger partial charge is 0.303 e. The van der Waals surface area contributed by atoms with E-state index in [2.05, 4.69) is 6.92 Å². The zero-order chi connectivity index (χ0) is 15.8. The van der Waals surface area contributed by atoms with Crippen molar-refractivity contribution in [2.24, 2.45) is 0 Å². The Balaban J connectivity index is 3.41. The van der Waals surface area contributed by atoms with Crippen LogP contribution in [0.3, 0.4) is 0 Å². The summed E-state index contributed by atoms with van der Waals surface area (Å²) < 4.78 is 0. The normalized spacial score (nSPS) is 11.5. The average molecular weight is 294 g/mol. The first-order valence-corrected chi connectivity index (χ1v) is 8.25. The van der Waals surface area contributed by atoms with Crippen molar-refractivity contribution in [2.45, 2.75) is 77.6 Å². The summed E-state index contributed by atoms with van der Waals surface area (Å²) in [6.45, 7) is 2.17. The number of hydrogen-bond acceptors (Lipinski definition) is 2. The van der Waals surface area contributed by atoms with Gasteiger partial charge in [-0.05, 0) is 44.3 Å². The van der Waals surface area contributed by atoms with E-state index in [-0.39, 0.29) is 12.2 Å². The van der Waals surface area contributed by atoms with E-state index in [1.54, 1.807) is 12.2 Å². The number of ketones is 1. The topological polar surface area (TPSA) is 54.4 Å². The number of aliphatic carboxylic acids is 1. The number of carbonyl (C=O) groups is 2. The summed E-state index contributed by atoms with van der Waals surface area (Å²) in [4.78, 5) is 21.8. The molecule has 0 fully saturated rings. The third kappa shape index (κ3) is 16.6. The number of rotatable bonds is 14. The predicted octanol–water partition coefficient (Wildman–Crippen LogP) is 5.06. The lowest BCUT2D eigenvalue weighted by atomic mass is 10.1. The zero-order valence-corrected chi connectivity index (χ0v) is 13.4. The van der Waals surface area contributed by atoms with Gasteiger partial charge in [-0.25, -0.2) is 0 Å². The highest BCUT2D eigenvalue weighted by molar-refractivity contribution is 5.99. The number of carboxylic acids is 1. The molecular weight excluding hydrogens is 264 g/mol. The minimum atomic E-state index is -0.709. The van der Waals surface area contributed by atoms with Gasteiger partial charge >= 0.3 is 5.97 Å². The third-order valence-electron chi connectivity index (χ3n) is 3.30. The van der Waals surface area contributed by atoms with E-state index in [0.717, 1.165) is 51.4 Å². The SMILES string of the molecule is CCCCC/C=C/C(=O)/C=C/CCCCCCCC(=O)O. The molecule has 0 aliphatic carbocycles. The Morgan fingerprint density at radius 1 is 0.810 bits per heavy atom. The fourth-order valence-corrected chi connectivity index (χ4v) is 2.04. The summed E-state index contributed by atoms with van der Waals surface area (Å²) in [5, 5.41) is 8.50.